The van der Waals surface area contributed by atoms with Gasteiger partial charge in [-0.2, -0.15) is 4.31 Å². The fourth-order valence-corrected chi connectivity index (χ4v) is 0.533. The summed E-state index contributed by atoms with van der Waals surface area (Å²) in [7, 11) is 0. The lowest BCUT2D eigenvalue weighted by atomic mass is 10.6. The maximum Gasteiger partial charge on any atom is 0.341 e. The third kappa shape index (κ3) is 0.765. The van der Waals surface area contributed by atoms with E-state index in [9.17, 15) is 14.4 Å². The molecular weight excluding hydrogens is 144 g/mol. The normalized spacial score (nSPS) is 18.8. The molecule has 0 spiro atoms. The Morgan fingerprint density at radius 1 is 1.33 bits per heavy atom. The van der Waals surface area contributed by atoms with Gasteiger partial charge in [0.15, 0.2) is 0 Å². The monoisotopic (exact) mass is 146 g/mol. The van der Waals surface area contributed by atoms with Crippen molar-refractivity contribution in [3.8, 4) is 0 Å². The Morgan fingerprint density at radius 3 is 2.00 bits per heavy atom. The van der Waals surface area contributed by atoms with Crippen LogP contribution >= 0.6 is 12.8 Å². The second kappa shape index (κ2) is 1.73. The highest BCUT2D eigenvalue weighted by atomic mass is 32.1. The molecular formula is C3H2N2O3S. The van der Waals surface area contributed by atoms with E-state index >= 15 is 0 Å². The second-order valence-corrected chi connectivity index (χ2v) is 1.78. The molecule has 1 N–H and O–H groups in total. The van der Waals surface area contributed by atoms with Crippen molar-refractivity contribution in [2.75, 3.05) is 0 Å². The minimum Gasteiger partial charge on any atom is -0.268 e. The van der Waals surface area contributed by atoms with E-state index in [2.05, 4.69) is 12.8 Å². The van der Waals surface area contributed by atoms with Gasteiger partial charge in [-0.3, -0.25) is 14.9 Å². The van der Waals surface area contributed by atoms with Crippen molar-refractivity contribution >= 4 is 30.7 Å². The summed E-state index contributed by atoms with van der Waals surface area (Å²) in [5.41, 5.74) is 0. The summed E-state index contributed by atoms with van der Waals surface area (Å²) in [4.78, 5) is 30.8. The maximum absolute atomic E-state index is 10.3. The largest absolute Gasteiger partial charge is 0.341 e. The van der Waals surface area contributed by atoms with Crippen LogP contribution in [0.1, 0.15) is 0 Å². The van der Waals surface area contributed by atoms with Crippen LogP contribution in [0.2, 0.25) is 0 Å². The van der Waals surface area contributed by atoms with Gasteiger partial charge < -0.3 is 0 Å². The number of imide groups is 2. The van der Waals surface area contributed by atoms with E-state index in [1.54, 1.807) is 5.32 Å². The van der Waals surface area contributed by atoms with Crippen LogP contribution in [0.25, 0.3) is 0 Å². The Kier molecular flexibility index (Phi) is 1.17. The lowest BCUT2D eigenvalue weighted by Crippen LogP contribution is -2.21. The van der Waals surface area contributed by atoms with Crippen LogP contribution in [-0.2, 0) is 9.59 Å². The topological polar surface area (TPSA) is 66.5 Å². The van der Waals surface area contributed by atoms with Gasteiger partial charge in [-0.15, -0.1) is 0 Å². The number of thiol groups is 1. The highest BCUT2D eigenvalue weighted by Gasteiger charge is 2.34. The summed E-state index contributed by atoms with van der Waals surface area (Å²) >= 11 is 3.39. The van der Waals surface area contributed by atoms with E-state index in [1.165, 1.54) is 0 Å². The van der Waals surface area contributed by atoms with Crippen LogP contribution in [0.4, 0.5) is 4.79 Å². The molecule has 0 bridgehead atoms. The lowest BCUT2D eigenvalue weighted by molar-refractivity contribution is -0.137. The molecule has 1 aliphatic heterocycles. The number of carbonyl (C=O) groups excluding carboxylic acids is 3. The van der Waals surface area contributed by atoms with Crippen molar-refractivity contribution in [2.24, 2.45) is 0 Å². The fourth-order valence-electron chi connectivity index (χ4n) is 0.392. The SMILES string of the molecule is O=C1NC(=O)N(S)C1=O. The van der Waals surface area contributed by atoms with Crippen molar-refractivity contribution in [1.82, 2.24) is 9.62 Å². The number of nitrogens with one attached hydrogen (secondary N) is 1. The summed E-state index contributed by atoms with van der Waals surface area (Å²) < 4.78 is 0.419. The van der Waals surface area contributed by atoms with Gasteiger partial charge in [-0.1, -0.05) is 12.8 Å². The summed E-state index contributed by atoms with van der Waals surface area (Å²) in [5.74, 6) is -1.88. The minimum absolute atomic E-state index is 0.419. The standard InChI is InChI=1S/C3H2N2O3S/c6-1-2(7)5(9)3(8)4-1/h9H,(H,4,6,8). The molecule has 0 aromatic heterocycles. The van der Waals surface area contributed by atoms with Crippen LogP contribution in [0, 0.1) is 0 Å². The van der Waals surface area contributed by atoms with Crippen molar-refractivity contribution in [2.45, 2.75) is 0 Å². The smallest absolute Gasteiger partial charge is 0.268 e. The van der Waals surface area contributed by atoms with Crippen LogP contribution < -0.4 is 5.32 Å². The third-order valence-corrected chi connectivity index (χ3v) is 1.16. The molecule has 0 aliphatic carbocycles. The average molecular weight is 146 g/mol. The predicted octanol–water partition coefficient (Wildman–Crippen LogP) is -1.09. The number of urea groups is 1. The Balaban J connectivity index is 2.90. The molecule has 1 aliphatic rings. The molecule has 0 atom stereocenters. The third-order valence-electron chi connectivity index (χ3n) is 0.799. The van der Waals surface area contributed by atoms with E-state index in [1.807, 2.05) is 0 Å². The van der Waals surface area contributed by atoms with E-state index in [4.69, 9.17) is 0 Å². The first kappa shape index (κ1) is 6.09. The van der Waals surface area contributed by atoms with Gasteiger partial charge in [-0.05, 0) is 0 Å². The first-order chi connectivity index (χ1) is 4.13. The number of nitrogens with zero attached hydrogens (tertiary/aromatic N) is 1. The Labute approximate surface area is 55.5 Å². The summed E-state index contributed by atoms with van der Waals surface area (Å²) in [5, 5.41) is 1.74. The van der Waals surface area contributed by atoms with E-state index < -0.39 is 17.8 Å². The molecule has 1 fully saturated rings. The first-order valence-electron chi connectivity index (χ1n) is 2.01. The Morgan fingerprint density at radius 2 is 1.89 bits per heavy atom. The molecule has 1 saturated heterocycles. The molecule has 0 aromatic carbocycles. The van der Waals surface area contributed by atoms with Gasteiger partial charge in [-0.25, -0.2) is 4.79 Å². The summed E-state index contributed by atoms with van der Waals surface area (Å²) in [6.45, 7) is 0. The van der Waals surface area contributed by atoms with Crippen molar-refractivity contribution in [3.63, 3.8) is 0 Å². The van der Waals surface area contributed by atoms with E-state index in [-0.39, 0.29) is 0 Å². The molecule has 48 valence electrons. The molecule has 0 radical (unpaired) electrons. The van der Waals surface area contributed by atoms with Crippen molar-refractivity contribution in [1.29, 1.82) is 0 Å². The molecule has 1 rings (SSSR count). The average Bonchev–Trinajstić information content (AvgIpc) is 1.98. The summed E-state index contributed by atoms with van der Waals surface area (Å²) in [6, 6.07) is -0.798. The highest BCUT2D eigenvalue weighted by Crippen LogP contribution is 2.01. The number of hydrogen-bond donors (Lipinski definition) is 2. The van der Waals surface area contributed by atoms with Crippen LogP contribution in [-0.4, -0.2) is 22.2 Å². The van der Waals surface area contributed by atoms with Gasteiger partial charge >= 0.3 is 17.8 Å². The number of amides is 4. The zero-order valence-corrected chi connectivity index (χ0v) is 5.01. The van der Waals surface area contributed by atoms with Gasteiger partial charge in [0.05, 0.1) is 0 Å². The molecule has 4 amide bonds. The molecule has 9 heavy (non-hydrogen) atoms. The number of carbonyl (C=O) groups is 3. The maximum atomic E-state index is 10.3. The van der Waals surface area contributed by atoms with Gasteiger partial charge in [0.1, 0.15) is 0 Å². The minimum atomic E-state index is -0.941. The van der Waals surface area contributed by atoms with Crippen molar-refractivity contribution in [3.05, 3.63) is 0 Å². The molecule has 0 aromatic rings. The predicted molar refractivity (Wildman–Crippen MR) is 29.4 cm³/mol. The molecule has 5 nitrogen and oxygen atoms in total. The van der Waals surface area contributed by atoms with Crippen LogP contribution in [0.15, 0.2) is 0 Å². The highest BCUT2D eigenvalue weighted by molar-refractivity contribution is 7.79. The quantitative estimate of drug-likeness (QED) is 0.259. The number of rotatable bonds is 0. The van der Waals surface area contributed by atoms with Gasteiger partial charge in [0.25, 0.3) is 0 Å². The zero-order valence-electron chi connectivity index (χ0n) is 4.12. The fraction of sp³-hybridized carbons (Fsp3) is 0. The number of hydrogen-bond acceptors (Lipinski definition) is 4. The molecule has 1 heterocycles. The molecule has 0 unspecified atom stereocenters. The van der Waals surface area contributed by atoms with Crippen molar-refractivity contribution < 1.29 is 14.4 Å². The van der Waals surface area contributed by atoms with E-state index in [0.29, 0.717) is 4.31 Å². The first-order valence-corrected chi connectivity index (χ1v) is 2.41. The van der Waals surface area contributed by atoms with E-state index in [0.717, 1.165) is 0 Å². The van der Waals surface area contributed by atoms with Gasteiger partial charge in [0.2, 0.25) is 0 Å². The summed E-state index contributed by atoms with van der Waals surface area (Å²) in [6.07, 6.45) is 0. The molecule has 6 heteroatoms. The van der Waals surface area contributed by atoms with Crippen LogP contribution in [0.5, 0.6) is 0 Å². The second-order valence-electron chi connectivity index (χ2n) is 1.38. The molecule has 0 saturated carbocycles. The van der Waals surface area contributed by atoms with Crippen LogP contribution in [0.3, 0.4) is 0 Å². The lowest BCUT2D eigenvalue weighted by Gasteiger charge is -1.95. The Bertz CT molecular complexity index is 201. The van der Waals surface area contributed by atoms with Gasteiger partial charge in [0, 0.05) is 0 Å². The Hall–Kier alpha value is -1.04. The zero-order chi connectivity index (χ0) is 7.02.